The van der Waals surface area contributed by atoms with Gasteiger partial charge >= 0.3 is 0 Å². The predicted octanol–water partition coefficient (Wildman–Crippen LogP) is 14.4. The van der Waals surface area contributed by atoms with E-state index in [9.17, 15) is 0 Å². The highest BCUT2D eigenvalue weighted by Crippen LogP contribution is 2.21. The average Bonchev–Trinajstić information content (AvgIpc) is 2.90. The van der Waals surface area contributed by atoms with E-state index in [1.165, 1.54) is 199 Å². The Hall–Kier alpha value is 0. The predicted molar refractivity (Wildman–Crippen MR) is 173 cm³/mol. The number of rotatable bonds is 32. The van der Waals surface area contributed by atoms with Crippen LogP contribution in [0.15, 0.2) is 0 Å². The van der Waals surface area contributed by atoms with Crippen molar-refractivity contribution in [3.8, 4) is 0 Å². The molecule has 0 bridgehead atoms. The molecule has 0 fully saturated rings. The molecule has 0 rings (SSSR count). The van der Waals surface area contributed by atoms with E-state index in [4.69, 9.17) is 0 Å². The smallest absolute Gasteiger partial charge is 0.0443 e. The van der Waals surface area contributed by atoms with E-state index in [1.807, 2.05) is 0 Å². The standard InChI is InChI=1S/C37H76/c1-5-7-9-10-11-12-13-14-15-16-17-18-19-20-21-22-23-24-25-26-27-28-29-30-33-37(4)35-31-34-36(3)32-8-6-2/h36-37H,5-35H2,1-4H3. The Morgan fingerprint density at radius 1 is 0.243 bits per heavy atom. The lowest BCUT2D eigenvalue weighted by molar-refractivity contribution is 0.394. The summed E-state index contributed by atoms with van der Waals surface area (Å²) < 4.78 is 0. The van der Waals surface area contributed by atoms with Crippen LogP contribution in [-0.2, 0) is 0 Å². The first kappa shape index (κ1) is 37.0. The van der Waals surface area contributed by atoms with Crippen LogP contribution in [0.3, 0.4) is 0 Å². The molecule has 0 aliphatic heterocycles. The van der Waals surface area contributed by atoms with Crippen LogP contribution >= 0.6 is 0 Å². The van der Waals surface area contributed by atoms with Gasteiger partial charge in [0, 0.05) is 0 Å². The lowest BCUT2D eigenvalue weighted by atomic mass is 9.92. The van der Waals surface area contributed by atoms with Crippen LogP contribution in [0.4, 0.5) is 0 Å². The second-order valence-electron chi connectivity index (χ2n) is 13.2. The summed E-state index contributed by atoms with van der Waals surface area (Å²) in [5.74, 6) is 1.91. The van der Waals surface area contributed by atoms with Gasteiger partial charge in [-0.3, -0.25) is 0 Å². The largest absolute Gasteiger partial charge is 0.0654 e. The molecule has 0 amide bonds. The molecule has 0 radical (unpaired) electrons. The van der Waals surface area contributed by atoms with Crippen molar-refractivity contribution in [1.29, 1.82) is 0 Å². The van der Waals surface area contributed by atoms with Crippen LogP contribution in [0.1, 0.15) is 227 Å². The molecule has 2 atom stereocenters. The first-order valence-electron chi connectivity index (χ1n) is 18.2. The van der Waals surface area contributed by atoms with Gasteiger partial charge in [0.05, 0.1) is 0 Å². The van der Waals surface area contributed by atoms with Gasteiger partial charge in [0.25, 0.3) is 0 Å². The third-order valence-corrected chi connectivity index (χ3v) is 8.99. The molecule has 0 aliphatic carbocycles. The van der Waals surface area contributed by atoms with Crippen molar-refractivity contribution in [2.24, 2.45) is 11.8 Å². The van der Waals surface area contributed by atoms with Crippen molar-refractivity contribution in [3.63, 3.8) is 0 Å². The molecule has 0 aromatic rings. The fraction of sp³-hybridized carbons (Fsp3) is 1.00. The summed E-state index contributed by atoms with van der Waals surface area (Å²) >= 11 is 0. The Bertz CT molecular complexity index is 385. The second-order valence-corrected chi connectivity index (χ2v) is 13.2. The van der Waals surface area contributed by atoms with Gasteiger partial charge in [-0.15, -0.1) is 0 Å². The molecule has 224 valence electrons. The molecule has 0 saturated carbocycles. The number of unbranched alkanes of at least 4 members (excludes halogenated alkanes) is 24. The van der Waals surface area contributed by atoms with E-state index in [2.05, 4.69) is 27.7 Å². The first-order valence-corrected chi connectivity index (χ1v) is 18.2. The van der Waals surface area contributed by atoms with E-state index in [1.54, 1.807) is 0 Å². The van der Waals surface area contributed by atoms with Gasteiger partial charge in [0.1, 0.15) is 0 Å². The maximum absolute atomic E-state index is 2.50. The molecule has 0 nitrogen and oxygen atoms in total. The van der Waals surface area contributed by atoms with Gasteiger partial charge in [-0.25, -0.2) is 0 Å². The van der Waals surface area contributed by atoms with Gasteiger partial charge in [-0.1, -0.05) is 227 Å². The molecule has 0 aromatic heterocycles. The van der Waals surface area contributed by atoms with Crippen LogP contribution < -0.4 is 0 Å². The van der Waals surface area contributed by atoms with Crippen LogP contribution in [0.5, 0.6) is 0 Å². The Morgan fingerprint density at radius 3 is 0.757 bits per heavy atom. The SMILES string of the molecule is CCCCCCCCCCCCCCCCCCCCCCCCCCC(C)CCCC(C)CCCC. The summed E-state index contributed by atoms with van der Waals surface area (Å²) in [5.41, 5.74) is 0. The van der Waals surface area contributed by atoms with Gasteiger partial charge in [0.2, 0.25) is 0 Å². The van der Waals surface area contributed by atoms with Crippen LogP contribution in [0, 0.1) is 11.8 Å². The molecular weight excluding hydrogens is 444 g/mol. The summed E-state index contributed by atoms with van der Waals surface area (Å²) in [6, 6.07) is 0. The molecule has 2 unspecified atom stereocenters. The van der Waals surface area contributed by atoms with Crippen molar-refractivity contribution < 1.29 is 0 Å². The Labute approximate surface area is 238 Å². The first-order chi connectivity index (χ1) is 18.2. The second kappa shape index (κ2) is 32.2. The summed E-state index contributed by atoms with van der Waals surface area (Å²) in [5, 5.41) is 0. The quantitative estimate of drug-likeness (QED) is 0.0773. The Balaban J connectivity index is 3.13. The van der Waals surface area contributed by atoms with Gasteiger partial charge in [-0.2, -0.15) is 0 Å². The zero-order chi connectivity index (χ0) is 27.1. The zero-order valence-corrected chi connectivity index (χ0v) is 27.1. The highest BCUT2D eigenvalue weighted by Gasteiger charge is 2.05. The maximum atomic E-state index is 2.50. The molecule has 0 N–H and O–H groups in total. The molecule has 0 heteroatoms. The van der Waals surface area contributed by atoms with Crippen LogP contribution in [0.25, 0.3) is 0 Å². The molecular formula is C37H76. The molecule has 37 heavy (non-hydrogen) atoms. The van der Waals surface area contributed by atoms with Gasteiger partial charge in [0.15, 0.2) is 0 Å². The molecule has 0 spiro atoms. The summed E-state index contributed by atoms with van der Waals surface area (Å²) in [6.45, 7) is 9.58. The van der Waals surface area contributed by atoms with E-state index in [0.717, 1.165) is 11.8 Å². The van der Waals surface area contributed by atoms with Crippen molar-refractivity contribution in [1.82, 2.24) is 0 Å². The minimum Gasteiger partial charge on any atom is -0.0654 e. The Kier molecular flexibility index (Phi) is 32.2. The Morgan fingerprint density at radius 2 is 0.459 bits per heavy atom. The number of hydrogen-bond acceptors (Lipinski definition) is 0. The topological polar surface area (TPSA) is 0 Å². The minimum atomic E-state index is 0.955. The zero-order valence-electron chi connectivity index (χ0n) is 27.1. The average molecular weight is 521 g/mol. The third-order valence-electron chi connectivity index (χ3n) is 8.99. The van der Waals surface area contributed by atoms with Crippen LogP contribution in [-0.4, -0.2) is 0 Å². The van der Waals surface area contributed by atoms with E-state index in [0.29, 0.717) is 0 Å². The van der Waals surface area contributed by atoms with Crippen molar-refractivity contribution in [2.75, 3.05) is 0 Å². The van der Waals surface area contributed by atoms with E-state index >= 15 is 0 Å². The molecule has 0 aromatic carbocycles. The van der Waals surface area contributed by atoms with Crippen molar-refractivity contribution in [3.05, 3.63) is 0 Å². The lowest BCUT2D eigenvalue weighted by Gasteiger charge is -2.14. The normalized spacial score (nSPS) is 13.3. The summed E-state index contributed by atoms with van der Waals surface area (Å²) in [7, 11) is 0. The fourth-order valence-electron chi connectivity index (χ4n) is 6.11. The van der Waals surface area contributed by atoms with Crippen molar-refractivity contribution in [2.45, 2.75) is 227 Å². The third kappa shape index (κ3) is 32.1. The van der Waals surface area contributed by atoms with E-state index in [-0.39, 0.29) is 0 Å². The van der Waals surface area contributed by atoms with Crippen LogP contribution in [0.2, 0.25) is 0 Å². The molecule has 0 aliphatic rings. The fourth-order valence-corrected chi connectivity index (χ4v) is 6.11. The molecule has 0 saturated heterocycles. The monoisotopic (exact) mass is 521 g/mol. The highest BCUT2D eigenvalue weighted by molar-refractivity contribution is 4.59. The lowest BCUT2D eigenvalue weighted by Crippen LogP contribution is -1.99. The maximum Gasteiger partial charge on any atom is -0.0443 e. The van der Waals surface area contributed by atoms with E-state index < -0.39 is 0 Å². The highest BCUT2D eigenvalue weighted by atomic mass is 14.1. The van der Waals surface area contributed by atoms with Gasteiger partial charge in [-0.05, 0) is 11.8 Å². The number of hydrogen-bond donors (Lipinski definition) is 0. The molecule has 0 heterocycles. The van der Waals surface area contributed by atoms with Gasteiger partial charge < -0.3 is 0 Å². The van der Waals surface area contributed by atoms with Crippen molar-refractivity contribution >= 4 is 0 Å². The summed E-state index contributed by atoms with van der Waals surface area (Å²) in [6.07, 6.45) is 45.7. The minimum absolute atomic E-state index is 0.955. The summed E-state index contributed by atoms with van der Waals surface area (Å²) in [4.78, 5) is 0.